The van der Waals surface area contributed by atoms with Crippen molar-refractivity contribution >= 4 is 23.4 Å². The van der Waals surface area contributed by atoms with Crippen LogP contribution >= 0.6 is 11.6 Å². The van der Waals surface area contributed by atoms with Crippen LogP contribution < -0.4 is 15.8 Å². The molecule has 3 N–H and O–H groups in total. The van der Waals surface area contributed by atoms with Gasteiger partial charge in [0, 0.05) is 18.1 Å². The van der Waals surface area contributed by atoms with Crippen LogP contribution in [0.3, 0.4) is 0 Å². The van der Waals surface area contributed by atoms with E-state index in [0.29, 0.717) is 28.4 Å². The summed E-state index contributed by atoms with van der Waals surface area (Å²) in [5, 5.41) is 3.51. The van der Waals surface area contributed by atoms with Crippen LogP contribution in [-0.4, -0.2) is 30.6 Å². The third kappa shape index (κ3) is 6.89. The van der Waals surface area contributed by atoms with Gasteiger partial charge >= 0.3 is 6.09 Å². The van der Waals surface area contributed by atoms with Gasteiger partial charge in [-0.05, 0) is 97.1 Å². The quantitative estimate of drug-likeness (QED) is 0.310. The molecule has 0 unspecified atom stereocenters. The van der Waals surface area contributed by atoms with E-state index in [0.717, 1.165) is 24.1 Å². The lowest BCUT2D eigenvalue weighted by atomic mass is 9.68. The number of amides is 1. The summed E-state index contributed by atoms with van der Waals surface area (Å²) in [6, 6.07) is 21.7. The first-order valence-electron chi connectivity index (χ1n) is 13.9. The van der Waals surface area contributed by atoms with Gasteiger partial charge in [0.05, 0.1) is 5.69 Å². The Balaban J connectivity index is 1.04. The number of likely N-dealkylation sites (tertiary alicyclic amines) is 1. The summed E-state index contributed by atoms with van der Waals surface area (Å²) >= 11 is 5.97. The Kier molecular flexibility index (Phi) is 8.55. The molecule has 1 aliphatic carbocycles. The molecule has 5 rings (SSSR count). The number of nitrogen functional groups attached to an aromatic ring is 1. The van der Waals surface area contributed by atoms with Gasteiger partial charge in [-0.1, -0.05) is 73.3 Å². The molecule has 3 aromatic rings. The van der Waals surface area contributed by atoms with Gasteiger partial charge in [0.25, 0.3) is 0 Å². The first-order valence-corrected chi connectivity index (χ1v) is 14.3. The first kappa shape index (κ1) is 26.6. The van der Waals surface area contributed by atoms with Crippen molar-refractivity contribution in [3.8, 4) is 16.9 Å². The monoisotopic (exact) mass is 531 g/mol. The molecule has 1 saturated carbocycles. The van der Waals surface area contributed by atoms with Crippen LogP contribution in [0.5, 0.6) is 5.75 Å². The second-order valence-corrected chi connectivity index (χ2v) is 11.4. The maximum absolute atomic E-state index is 12.3. The molecule has 6 heteroatoms. The predicted molar refractivity (Wildman–Crippen MR) is 156 cm³/mol. The average Bonchev–Trinajstić information content (AvgIpc) is 2.93. The number of piperidine rings is 1. The van der Waals surface area contributed by atoms with Gasteiger partial charge in [-0.2, -0.15) is 0 Å². The fourth-order valence-corrected chi connectivity index (χ4v) is 6.09. The molecule has 38 heavy (non-hydrogen) atoms. The maximum atomic E-state index is 12.3. The molecule has 0 aromatic heterocycles. The lowest BCUT2D eigenvalue weighted by Crippen LogP contribution is -2.40. The minimum atomic E-state index is -0.506. The van der Waals surface area contributed by atoms with Crippen molar-refractivity contribution in [3.05, 3.63) is 82.9 Å². The summed E-state index contributed by atoms with van der Waals surface area (Å²) in [6.07, 6.45) is 10.2. The average molecular weight is 532 g/mol. The Labute approximate surface area is 231 Å². The Morgan fingerprint density at radius 2 is 1.53 bits per heavy atom. The molecular formula is C32H38ClN3O2. The van der Waals surface area contributed by atoms with E-state index in [1.807, 2.05) is 30.3 Å². The number of hydrogen-bond acceptors (Lipinski definition) is 4. The number of benzene rings is 3. The van der Waals surface area contributed by atoms with Crippen molar-refractivity contribution in [2.24, 2.45) is 5.41 Å². The summed E-state index contributed by atoms with van der Waals surface area (Å²) in [6.45, 7) is 3.97. The zero-order valence-electron chi connectivity index (χ0n) is 22.1. The smallest absolute Gasteiger partial charge is 0.408 e. The maximum Gasteiger partial charge on any atom is 0.412 e. The number of carbonyl (C=O) groups excluding carboxylic acids is 1. The van der Waals surface area contributed by atoms with Gasteiger partial charge in [0.15, 0.2) is 5.75 Å². The number of anilines is 1. The lowest BCUT2D eigenvalue weighted by molar-refractivity contribution is 0.0641. The van der Waals surface area contributed by atoms with Gasteiger partial charge in [-0.3, -0.25) is 4.90 Å². The summed E-state index contributed by atoms with van der Waals surface area (Å²) in [5.74, 6) is 0.344. The van der Waals surface area contributed by atoms with Gasteiger partial charge in [-0.15, -0.1) is 0 Å². The van der Waals surface area contributed by atoms with Crippen molar-refractivity contribution in [3.63, 3.8) is 0 Å². The second-order valence-electron chi connectivity index (χ2n) is 11.0. The van der Waals surface area contributed by atoms with Crippen LogP contribution in [-0.2, 0) is 13.0 Å². The van der Waals surface area contributed by atoms with Gasteiger partial charge in [-0.25, -0.2) is 4.79 Å². The zero-order valence-corrected chi connectivity index (χ0v) is 22.8. The van der Waals surface area contributed by atoms with E-state index in [1.165, 1.54) is 69.2 Å². The molecule has 5 nitrogen and oxygen atoms in total. The van der Waals surface area contributed by atoms with Gasteiger partial charge in [0.2, 0.25) is 0 Å². The third-order valence-corrected chi connectivity index (χ3v) is 8.59. The van der Waals surface area contributed by atoms with E-state index in [9.17, 15) is 4.79 Å². The van der Waals surface area contributed by atoms with Crippen LogP contribution in [0.2, 0.25) is 5.02 Å². The number of halogens is 1. The van der Waals surface area contributed by atoms with E-state index < -0.39 is 6.09 Å². The number of nitrogens with one attached hydrogen (secondary N) is 1. The molecule has 1 saturated heterocycles. The van der Waals surface area contributed by atoms with Crippen LogP contribution in [0.25, 0.3) is 11.1 Å². The highest BCUT2D eigenvalue weighted by atomic mass is 35.5. The first-order chi connectivity index (χ1) is 18.5. The van der Waals surface area contributed by atoms with Crippen molar-refractivity contribution in [1.29, 1.82) is 0 Å². The molecule has 3 aromatic carbocycles. The summed E-state index contributed by atoms with van der Waals surface area (Å²) in [7, 11) is 0. The van der Waals surface area contributed by atoms with Gasteiger partial charge < -0.3 is 15.8 Å². The molecule has 1 aliphatic heterocycles. The van der Waals surface area contributed by atoms with Crippen LogP contribution in [0.1, 0.15) is 56.1 Å². The van der Waals surface area contributed by atoms with E-state index >= 15 is 0 Å². The number of carbonyl (C=O) groups is 1. The fraction of sp³-hybridized carbons (Fsp3) is 0.406. The SMILES string of the molecule is Nc1cc(-c2ccc(Cl)cc2)ccc1OC(=O)NCCc1ccc(CN2CCC3(CCCCC3)CC2)cc1. The van der Waals surface area contributed by atoms with Crippen LogP contribution in [0.15, 0.2) is 66.7 Å². The van der Waals surface area contributed by atoms with Crippen molar-refractivity contribution in [1.82, 2.24) is 10.2 Å². The van der Waals surface area contributed by atoms with Crippen molar-refractivity contribution in [2.75, 3.05) is 25.4 Å². The number of ether oxygens (including phenoxy) is 1. The number of rotatable bonds is 7. The topological polar surface area (TPSA) is 67.6 Å². The molecular weight excluding hydrogens is 494 g/mol. The molecule has 1 heterocycles. The van der Waals surface area contributed by atoms with Crippen molar-refractivity contribution in [2.45, 2.75) is 57.9 Å². The Morgan fingerprint density at radius 3 is 2.21 bits per heavy atom. The van der Waals surface area contributed by atoms with E-state index in [-0.39, 0.29) is 0 Å². The minimum Gasteiger partial charge on any atom is -0.408 e. The molecule has 0 atom stereocenters. The highest BCUT2D eigenvalue weighted by Gasteiger charge is 2.35. The highest BCUT2D eigenvalue weighted by Crippen LogP contribution is 2.44. The second kappa shape index (κ2) is 12.2. The summed E-state index contributed by atoms with van der Waals surface area (Å²) in [4.78, 5) is 14.9. The minimum absolute atomic E-state index is 0.344. The lowest BCUT2D eigenvalue weighted by Gasteiger charge is -2.44. The Bertz CT molecular complexity index is 1210. The molecule has 0 bridgehead atoms. The molecule has 200 valence electrons. The van der Waals surface area contributed by atoms with Crippen LogP contribution in [0, 0.1) is 5.41 Å². The standard InChI is InChI=1S/C32H38ClN3O2/c33-28-11-8-26(9-12-28)27-10-13-30(29(34)22-27)38-31(37)35-19-14-24-4-6-25(7-5-24)23-36-20-17-32(18-21-36)15-2-1-3-16-32/h4-13,22H,1-3,14-21,23,34H2,(H,35,37). The Hall–Kier alpha value is -3.02. The molecule has 2 aliphatic rings. The van der Waals surface area contributed by atoms with E-state index in [1.54, 1.807) is 12.1 Å². The summed E-state index contributed by atoms with van der Waals surface area (Å²) in [5.41, 5.74) is 11.7. The molecule has 1 amide bonds. The largest absolute Gasteiger partial charge is 0.412 e. The Morgan fingerprint density at radius 1 is 0.868 bits per heavy atom. The highest BCUT2D eigenvalue weighted by molar-refractivity contribution is 6.30. The number of hydrogen-bond donors (Lipinski definition) is 2. The number of nitrogens with two attached hydrogens (primary N) is 1. The molecule has 1 spiro atoms. The number of nitrogens with zero attached hydrogens (tertiary/aromatic N) is 1. The van der Waals surface area contributed by atoms with Crippen molar-refractivity contribution < 1.29 is 9.53 Å². The summed E-state index contributed by atoms with van der Waals surface area (Å²) < 4.78 is 5.44. The van der Waals surface area contributed by atoms with E-state index in [2.05, 4.69) is 34.5 Å². The van der Waals surface area contributed by atoms with Gasteiger partial charge in [0.1, 0.15) is 0 Å². The molecule has 2 fully saturated rings. The van der Waals surface area contributed by atoms with E-state index in [4.69, 9.17) is 22.1 Å². The normalized spacial score (nSPS) is 17.3. The molecule has 0 radical (unpaired) electrons. The third-order valence-electron chi connectivity index (χ3n) is 8.33. The zero-order chi connectivity index (χ0) is 26.4. The fourth-order valence-electron chi connectivity index (χ4n) is 5.96. The predicted octanol–water partition coefficient (Wildman–Crippen LogP) is 7.47. The van der Waals surface area contributed by atoms with Crippen LogP contribution in [0.4, 0.5) is 10.5 Å².